The van der Waals surface area contributed by atoms with Gasteiger partial charge in [-0.05, 0) is 6.42 Å². The highest BCUT2D eigenvalue weighted by Gasteiger charge is 2.30. The molecular weight excluding hydrogens is 128 g/mol. The van der Waals surface area contributed by atoms with E-state index in [0.717, 1.165) is 13.0 Å². The molecule has 0 radical (unpaired) electrons. The van der Waals surface area contributed by atoms with Crippen LogP contribution in [0.2, 0.25) is 0 Å². The minimum atomic E-state index is 0.300. The highest BCUT2D eigenvalue weighted by molar-refractivity contribution is 4.77. The van der Waals surface area contributed by atoms with E-state index < -0.39 is 0 Å². The second-order valence-corrected chi connectivity index (χ2v) is 2.96. The van der Waals surface area contributed by atoms with E-state index in [1.165, 1.54) is 12.8 Å². The quantitative estimate of drug-likeness (QED) is 0.642. The minimum absolute atomic E-state index is 0.300. The molecule has 10 heavy (non-hydrogen) atoms. The van der Waals surface area contributed by atoms with E-state index in [4.69, 9.17) is 9.84 Å². The first kappa shape index (κ1) is 8.02. The smallest absolute Gasteiger partial charge is 0.0647 e. The third-order valence-corrected chi connectivity index (χ3v) is 2.13. The first-order chi connectivity index (χ1) is 4.88. The zero-order valence-electron chi connectivity index (χ0n) is 6.55. The van der Waals surface area contributed by atoms with E-state index in [0.29, 0.717) is 18.6 Å². The zero-order chi connectivity index (χ0) is 7.40. The van der Waals surface area contributed by atoms with Crippen molar-refractivity contribution in [2.24, 2.45) is 5.92 Å². The highest BCUT2D eigenvalue weighted by atomic mass is 16.5. The first-order valence-electron chi connectivity index (χ1n) is 4.11. The van der Waals surface area contributed by atoms with Gasteiger partial charge in [-0.2, -0.15) is 0 Å². The largest absolute Gasteiger partial charge is 0.396 e. The standard InChI is InChI=1S/C8H16O2/c1-2-3-4-8-7(5-9)6-10-8/h7-9H,2-6H2,1H3. The average Bonchev–Trinajstić information content (AvgIpc) is 1.88. The van der Waals surface area contributed by atoms with E-state index in [-0.39, 0.29) is 0 Å². The summed E-state index contributed by atoms with van der Waals surface area (Å²) in [7, 11) is 0. The van der Waals surface area contributed by atoms with Gasteiger partial charge in [0, 0.05) is 5.92 Å². The maximum Gasteiger partial charge on any atom is 0.0647 e. The van der Waals surface area contributed by atoms with Crippen molar-refractivity contribution in [3.05, 3.63) is 0 Å². The van der Waals surface area contributed by atoms with Crippen LogP contribution in [-0.4, -0.2) is 24.4 Å². The molecule has 1 fully saturated rings. The number of hydrogen-bond acceptors (Lipinski definition) is 2. The van der Waals surface area contributed by atoms with Gasteiger partial charge in [-0.3, -0.25) is 0 Å². The van der Waals surface area contributed by atoms with Crippen LogP contribution < -0.4 is 0 Å². The van der Waals surface area contributed by atoms with Crippen molar-refractivity contribution in [2.75, 3.05) is 13.2 Å². The summed E-state index contributed by atoms with van der Waals surface area (Å²) >= 11 is 0. The molecule has 2 unspecified atom stereocenters. The Morgan fingerprint density at radius 3 is 2.80 bits per heavy atom. The van der Waals surface area contributed by atoms with Crippen LogP contribution in [0.1, 0.15) is 26.2 Å². The van der Waals surface area contributed by atoms with Crippen LogP contribution in [0.15, 0.2) is 0 Å². The monoisotopic (exact) mass is 144 g/mol. The molecule has 0 spiro atoms. The normalized spacial score (nSPS) is 31.8. The van der Waals surface area contributed by atoms with Gasteiger partial charge >= 0.3 is 0 Å². The van der Waals surface area contributed by atoms with Gasteiger partial charge in [-0.15, -0.1) is 0 Å². The van der Waals surface area contributed by atoms with Gasteiger partial charge < -0.3 is 9.84 Å². The van der Waals surface area contributed by atoms with E-state index in [1.807, 2.05) is 0 Å². The Bertz CT molecular complexity index is 91.3. The van der Waals surface area contributed by atoms with Crippen molar-refractivity contribution in [3.8, 4) is 0 Å². The molecule has 0 aromatic rings. The summed E-state index contributed by atoms with van der Waals surface area (Å²) in [6.45, 7) is 3.24. The lowest BCUT2D eigenvalue weighted by Gasteiger charge is -2.35. The summed E-state index contributed by atoms with van der Waals surface area (Å²) in [5.41, 5.74) is 0. The molecule has 1 heterocycles. The van der Waals surface area contributed by atoms with Gasteiger partial charge in [0.15, 0.2) is 0 Å². The number of aliphatic hydroxyl groups excluding tert-OH is 1. The fourth-order valence-corrected chi connectivity index (χ4v) is 1.26. The second kappa shape index (κ2) is 3.94. The Hall–Kier alpha value is -0.0800. The lowest BCUT2D eigenvalue weighted by molar-refractivity contribution is -0.134. The van der Waals surface area contributed by atoms with Gasteiger partial charge in [0.05, 0.1) is 19.3 Å². The fraction of sp³-hybridized carbons (Fsp3) is 1.00. The Balaban J connectivity index is 2.05. The summed E-state index contributed by atoms with van der Waals surface area (Å²) in [4.78, 5) is 0. The van der Waals surface area contributed by atoms with Crippen molar-refractivity contribution in [3.63, 3.8) is 0 Å². The van der Waals surface area contributed by atoms with Crippen LogP contribution in [0.25, 0.3) is 0 Å². The zero-order valence-corrected chi connectivity index (χ0v) is 6.55. The van der Waals surface area contributed by atoms with Crippen molar-refractivity contribution in [1.82, 2.24) is 0 Å². The van der Waals surface area contributed by atoms with Gasteiger partial charge in [0.2, 0.25) is 0 Å². The molecule has 0 aromatic carbocycles. The van der Waals surface area contributed by atoms with E-state index in [1.54, 1.807) is 0 Å². The Labute approximate surface area is 62.2 Å². The Morgan fingerprint density at radius 1 is 1.60 bits per heavy atom. The molecule has 0 bridgehead atoms. The molecule has 0 saturated carbocycles. The maximum absolute atomic E-state index is 8.78. The molecular formula is C8H16O2. The number of unbranched alkanes of at least 4 members (excludes halogenated alkanes) is 1. The third-order valence-electron chi connectivity index (χ3n) is 2.13. The van der Waals surface area contributed by atoms with Crippen LogP contribution in [0.5, 0.6) is 0 Å². The van der Waals surface area contributed by atoms with Crippen LogP contribution in [0.3, 0.4) is 0 Å². The van der Waals surface area contributed by atoms with Crippen molar-refractivity contribution < 1.29 is 9.84 Å². The molecule has 1 N–H and O–H groups in total. The third kappa shape index (κ3) is 1.70. The molecule has 2 heteroatoms. The Kier molecular flexibility index (Phi) is 3.16. The van der Waals surface area contributed by atoms with Crippen LogP contribution in [0, 0.1) is 5.92 Å². The number of ether oxygens (including phenoxy) is 1. The summed E-state index contributed by atoms with van der Waals surface area (Å²) in [6.07, 6.45) is 3.94. The number of rotatable bonds is 4. The number of hydrogen-bond donors (Lipinski definition) is 1. The highest BCUT2D eigenvalue weighted by Crippen LogP contribution is 2.24. The first-order valence-corrected chi connectivity index (χ1v) is 4.11. The summed E-state index contributed by atoms with van der Waals surface area (Å²) < 4.78 is 5.28. The van der Waals surface area contributed by atoms with Gasteiger partial charge in [-0.25, -0.2) is 0 Å². The summed E-state index contributed by atoms with van der Waals surface area (Å²) in [5.74, 6) is 0.437. The van der Waals surface area contributed by atoms with Crippen molar-refractivity contribution >= 4 is 0 Å². The molecule has 1 aliphatic rings. The Morgan fingerprint density at radius 2 is 2.40 bits per heavy atom. The van der Waals surface area contributed by atoms with E-state index in [2.05, 4.69) is 6.92 Å². The molecule has 1 rings (SSSR count). The SMILES string of the molecule is CCCCC1OCC1CO. The predicted octanol–water partition coefficient (Wildman–Crippen LogP) is 1.18. The minimum Gasteiger partial charge on any atom is -0.396 e. The van der Waals surface area contributed by atoms with Crippen LogP contribution in [-0.2, 0) is 4.74 Å². The lowest BCUT2D eigenvalue weighted by Crippen LogP contribution is -2.41. The molecule has 0 amide bonds. The molecule has 1 aliphatic heterocycles. The summed E-state index contributed by atoms with van der Waals surface area (Å²) in [5, 5.41) is 8.78. The topological polar surface area (TPSA) is 29.5 Å². The van der Waals surface area contributed by atoms with Gasteiger partial charge in [0.25, 0.3) is 0 Å². The van der Waals surface area contributed by atoms with Crippen LogP contribution in [0.4, 0.5) is 0 Å². The second-order valence-electron chi connectivity index (χ2n) is 2.96. The maximum atomic E-state index is 8.78. The van der Waals surface area contributed by atoms with Crippen LogP contribution >= 0.6 is 0 Å². The van der Waals surface area contributed by atoms with Crippen molar-refractivity contribution in [1.29, 1.82) is 0 Å². The van der Waals surface area contributed by atoms with Gasteiger partial charge in [-0.1, -0.05) is 19.8 Å². The van der Waals surface area contributed by atoms with E-state index >= 15 is 0 Å². The molecule has 60 valence electrons. The van der Waals surface area contributed by atoms with Gasteiger partial charge in [0.1, 0.15) is 0 Å². The molecule has 0 aromatic heterocycles. The predicted molar refractivity (Wildman–Crippen MR) is 39.8 cm³/mol. The van der Waals surface area contributed by atoms with E-state index in [9.17, 15) is 0 Å². The lowest BCUT2D eigenvalue weighted by atomic mass is 9.94. The number of aliphatic hydroxyl groups is 1. The summed E-state index contributed by atoms with van der Waals surface area (Å²) in [6, 6.07) is 0. The molecule has 2 nitrogen and oxygen atoms in total. The molecule has 0 aliphatic carbocycles. The molecule has 1 saturated heterocycles. The van der Waals surface area contributed by atoms with Crippen molar-refractivity contribution in [2.45, 2.75) is 32.3 Å². The molecule has 2 atom stereocenters. The fourth-order valence-electron chi connectivity index (χ4n) is 1.26. The average molecular weight is 144 g/mol.